The number of benzene rings is 1. The number of aliphatic hydroxyl groups excluding tert-OH is 1. The van der Waals surface area contributed by atoms with Crippen molar-refractivity contribution >= 4 is 5.69 Å². The fourth-order valence-electron chi connectivity index (χ4n) is 1.97. The Kier molecular flexibility index (Phi) is 3.18. The lowest BCUT2D eigenvalue weighted by atomic mass is 10.2. The van der Waals surface area contributed by atoms with Gasteiger partial charge in [0.2, 0.25) is 11.5 Å². The topological polar surface area (TPSA) is 92.8 Å². The number of nitro benzene ring substituents is 1. The van der Waals surface area contributed by atoms with Gasteiger partial charge in [-0.1, -0.05) is 0 Å². The van der Waals surface area contributed by atoms with Gasteiger partial charge in [-0.05, 0) is 18.9 Å². The normalized spacial score (nSPS) is 27.2. The van der Waals surface area contributed by atoms with Crippen LogP contribution in [0.15, 0.2) is 18.2 Å². The summed E-state index contributed by atoms with van der Waals surface area (Å²) in [5, 5.41) is 30.3. The van der Waals surface area contributed by atoms with Crippen LogP contribution >= 0.6 is 0 Å². The van der Waals surface area contributed by atoms with Gasteiger partial charge < -0.3 is 14.9 Å². The Balaban J connectivity index is 2.33. The number of ether oxygens (including phenoxy) is 1. The number of nitro groups is 1. The number of hydrogen-bond acceptors (Lipinski definition) is 5. The monoisotopic (exact) mass is 257 g/mol. The highest BCUT2D eigenvalue weighted by Crippen LogP contribution is 2.36. The molecule has 0 aliphatic heterocycles. The molecule has 1 fully saturated rings. The molecule has 0 bridgehead atoms. The lowest BCUT2D eigenvalue weighted by molar-refractivity contribution is -0.387. The fraction of sp³-hybridized carbons (Fsp3) is 0.455. The molecule has 0 spiro atoms. The quantitative estimate of drug-likeness (QED) is 0.484. The Morgan fingerprint density at radius 1 is 1.56 bits per heavy atom. The van der Waals surface area contributed by atoms with E-state index in [1.54, 1.807) is 0 Å². The maximum absolute atomic E-state index is 13.1. The zero-order valence-electron chi connectivity index (χ0n) is 9.38. The van der Waals surface area contributed by atoms with E-state index in [1.807, 2.05) is 0 Å². The fourth-order valence-corrected chi connectivity index (χ4v) is 1.97. The molecule has 0 amide bonds. The van der Waals surface area contributed by atoms with Gasteiger partial charge in [-0.15, -0.1) is 0 Å². The van der Waals surface area contributed by atoms with E-state index in [1.165, 1.54) is 0 Å². The van der Waals surface area contributed by atoms with Gasteiger partial charge in [0.15, 0.2) is 0 Å². The van der Waals surface area contributed by atoms with Gasteiger partial charge in [0.05, 0.1) is 4.92 Å². The van der Waals surface area contributed by atoms with Crippen LogP contribution in [0.5, 0.6) is 5.75 Å². The first-order valence-electron chi connectivity index (χ1n) is 5.46. The molecule has 18 heavy (non-hydrogen) atoms. The highest BCUT2D eigenvalue weighted by molar-refractivity contribution is 5.46. The molecule has 0 radical (unpaired) electrons. The molecule has 7 heteroatoms. The van der Waals surface area contributed by atoms with Crippen LogP contribution in [0.3, 0.4) is 0 Å². The van der Waals surface area contributed by atoms with Gasteiger partial charge in [-0.25, -0.2) is 4.39 Å². The lowest BCUT2D eigenvalue weighted by Crippen LogP contribution is -2.43. The summed E-state index contributed by atoms with van der Waals surface area (Å²) in [6.45, 7) is 0. The van der Waals surface area contributed by atoms with Crippen LogP contribution in [0.2, 0.25) is 0 Å². The highest BCUT2D eigenvalue weighted by Gasteiger charge is 2.43. The zero-order chi connectivity index (χ0) is 13.3. The Bertz CT molecular complexity index is 481. The van der Waals surface area contributed by atoms with Crippen LogP contribution in [0, 0.1) is 15.9 Å². The average Bonchev–Trinajstić information content (AvgIpc) is 2.58. The third-order valence-corrected chi connectivity index (χ3v) is 2.94. The van der Waals surface area contributed by atoms with Crippen LogP contribution in [0.4, 0.5) is 10.1 Å². The van der Waals surface area contributed by atoms with E-state index in [9.17, 15) is 24.7 Å². The van der Waals surface area contributed by atoms with Crippen molar-refractivity contribution < 1.29 is 24.3 Å². The third kappa shape index (κ3) is 2.27. The number of aliphatic hydroxyl groups is 2. The minimum absolute atomic E-state index is 0.141. The van der Waals surface area contributed by atoms with E-state index in [2.05, 4.69) is 0 Å². The van der Waals surface area contributed by atoms with E-state index in [0.29, 0.717) is 12.8 Å². The summed E-state index contributed by atoms with van der Waals surface area (Å²) < 4.78 is 18.1. The molecule has 0 aromatic heterocycles. The van der Waals surface area contributed by atoms with E-state index < -0.39 is 28.3 Å². The minimum atomic E-state index is -1.89. The Labute approximate surface area is 102 Å². The van der Waals surface area contributed by atoms with Crippen LogP contribution in [-0.4, -0.2) is 27.0 Å². The van der Waals surface area contributed by atoms with Gasteiger partial charge in [-0.2, -0.15) is 0 Å². The van der Waals surface area contributed by atoms with E-state index in [0.717, 1.165) is 18.2 Å². The van der Waals surface area contributed by atoms with Crippen molar-refractivity contribution in [2.45, 2.75) is 31.2 Å². The molecular formula is C11H12FNO5. The summed E-state index contributed by atoms with van der Waals surface area (Å²) in [5.41, 5.74) is -0.455. The van der Waals surface area contributed by atoms with Crippen molar-refractivity contribution in [2.75, 3.05) is 0 Å². The molecule has 1 aromatic carbocycles. The molecule has 98 valence electrons. The predicted molar refractivity (Wildman–Crippen MR) is 58.5 cm³/mol. The van der Waals surface area contributed by atoms with Crippen molar-refractivity contribution in [2.24, 2.45) is 0 Å². The Hall–Kier alpha value is -1.73. The number of hydrogen-bond donors (Lipinski definition) is 2. The van der Waals surface area contributed by atoms with Crippen molar-refractivity contribution in [3.8, 4) is 5.75 Å². The van der Waals surface area contributed by atoms with E-state index in [-0.39, 0.29) is 12.2 Å². The second-order valence-electron chi connectivity index (χ2n) is 4.22. The first-order valence-corrected chi connectivity index (χ1v) is 5.46. The summed E-state index contributed by atoms with van der Waals surface area (Å²) in [6, 6.07) is 2.70. The molecule has 1 saturated carbocycles. The van der Waals surface area contributed by atoms with Gasteiger partial charge in [0, 0.05) is 18.6 Å². The molecule has 2 rings (SSSR count). The Morgan fingerprint density at radius 3 is 2.83 bits per heavy atom. The van der Waals surface area contributed by atoms with E-state index >= 15 is 0 Å². The molecule has 2 N–H and O–H groups in total. The first kappa shape index (κ1) is 12.7. The van der Waals surface area contributed by atoms with E-state index in [4.69, 9.17) is 4.74 Å². The van der Waals surface area contributed by atoms with Gasteiger partial charge in [-0.3, -0.25) is 10.1 Å². The molecule has 0 saturated heterocycles. The minimum Gasteiger partial charge on any atom is -0.452 e. The van der Waals surface area contributed by atoms with Crippen LogP contribution in [0.25, 0.3) is 0 Å². The maximum Gasteiger partial charge on any atom is 0.311 e. The van der Waals surface area contributed by atoms with Gasteiger partial charge >= 0.3 is 5.69 Å². The lowest BCUT2D eigenvalue weighted by Gasteiger charge is -2.27. The molecule has 2 atom stereocenters. The zero-order valence-corrected chi connectivity index (χ0v) is 9.38. The first-order chi connectivity index (χ1) is 8.42. The van der Waals surface area contributed by atoms with Crippen LogP contribution in [-0.2, 0) is 0 Å². The summed E-state index contributed by atoms with van der Waals surface area (Å²) in [4.78, 5) is 10.0. The van der Waals surface area contributed by atoms with Crippen LogP contribution < -0.4 is 4.74 Å². The van der Waals surface area contributed by atoms with Crippen molar-refractivity contribution in [1.29, 1.82) is 0 Å². The SMILES string of the molecule is O=[N+]([O-])c1ccc(F)cc1OC1(O)CCCC1O. The van der Waals surface area contributed by atoms with Crippen molar-refractivity contribution in [3.05, 3.63) is 34.1 Å². The summed E-state index contributed by atoms with van der Waals surface area (Å²) >= 11 is 0. The predicted octanol–water partition coefficient (Wildman–Crippen LogP) is 1.35. The maximum atomic E-state index is 13.1. The molecule has 1 aliphatic rings. The summed E-state index contributed by atoms with van der Waals surface area (Å²) in [6.07, 6.45) is -0.136. The van der Waals surface area contributed by atoms with Gasteiger partial charge in [0.1, 0.15) is 11.9 Å². The van der Waals surface area contributed by atoms with Crippen LogP contribution in [0.1, 0.15) is 19.3 Å². The van der Waals surface area contributed by atoms with Gasteiger partial charge in [0.25, 0.3) is 0 Å². The number of halogens is 1. The summed E-state index contributed by atoms with van der Waals surface area (Å²) in [7, 11) is 0. The third-order valence-electron chi connectivity index (χ3n) is 2.94. The molecule has 1 aliphatic carbocycles. The summed E-state index contributed by atoms with van der Waals surface area (Å²) in [5.74, 6) is -2.99. The second kappa shape index (κ2) is 4.51. The largest absolute Gasteiger partial charge is 0.452 e. The average molecular weight is 257 g/mol. The number of rotatable bonds is 3. The molecule has 6 nitrogen and oxygen atoms in total. The molecule has 0 heterocycles. The second-order valence-corrected chi connectivity index (χ2v) is 4.22. The highest BCUT2D eigenvalue weighted by atomic mass is 19.1. The smallest absolute Gasteiger partial charge is 0.311 e. The number of nitrogens with zero attached hydrogens (tertiary/aromatic N) is 1. The molecular weight excluding hydrogens is 245 g/mol. The molecule has 1 aromatic rings. The van der Waals surface area contributed by atoms with Crippen molar-refractivity contribution in [3.63, 3.8) is 0 Å². The standard InChI is InChI=1S/C11H12FNO5/c12-7-3-4-8(13(16)17)9(6-7)18-11(15)5-1-2-10(11)14/h3-4,6,10,14-15H,1-2,5H2. The van der Waals surface area contributed by atoms with Crippen molar-refractivity contribution in [1.82, 2.24) is 0 Å². The molecule has 2 unspecified atom stereocenters. The Morgan fingerprint density at radius 2 is 2.28 bits per heavy atom.